The molecule has 2 N–H and O–H groups in total. The highest BCUT2D eigenvalue weighted by atomic mass is 32.1. The molecule has 1 aliphatic rings. The van der Waals surface area contributed by atoms with Crippen molar-refractivity contribution in [2.75, 3.05) is 0 Å². The molecule has 6 heterocycles. The van der Waals surface area contributed by atoms with Crippen LogP contribution in [0.15, 0.2) is 55.0 Å². The number of H-pyrrole nitrogens is 2. The van der Waals surface area contributed by atoms with Gasteiger partial charge in [-0.2, -0.15) is 5.10 Å². The van der Waals surface area contributed by atoms with Crippen molar-refractivity contribution in [2.45, 2.75) is 32.1 Å². The predicted octanol–water partition coefficient (Wildman–Crippen LogP) is 7.19. The fourth-order valence-electron chi connectivity index (χ4n) is 5.86. The van der Waals surface area contributed by atoms with Crippen LogP contribution < -0.4 is 0 Å². The normalized spacial score (nSPS) is 14.8. The number of halogens is 1. The molecule has 192 valence electrons. The number of hydrogen-bond acceptors (Lipinski definition) is 6. The number of benzene rings is 1. The first-order chi connectivity index (χ1) is 19.2. The third-order valence-corrected chi connectivity index (χ3v) is 8.89. The summed E-state index contributed by atoms with van der Waals surface area (Å²) < 4.78 is 18.9. The Kier molecular flexibility index (Phi) is 4.93. The number of carbonyl (C=O) groups is 1. The van der Waals surface area contributed by atoms with Crippen molar-refractivity contribution in [1.29, 1.82) is 0 Å². The summed E-state index contributed by atoms with van der Waals surface area (Å²) in [6, 6.07) is 11.7. The van der Waals surface area contributed by atoms with E-state index < -0.39 is 5.82 Å². The summed E-state index contributed by atoms with van der Waals surface area (Å²) in [4.78, 5) is 31.9. The predicted molar refractivity (Wildman–Crippen MR) is 152 cm³/mol. The van der Waals surface area contributed by atoms with E-state index in [0.29, 0.717) is 33.0 Å². The Morgan fingerprint density at radius 1 is 1.00 bits per heavy atom. The highest BCUT2D eigenvalue weighted by Gasteiger charge is 2.24. The Balaban J connectivity index is 1.59. The third kappa shape index (κ3) is 3.44. The number of nitrogens with one attached hydrogen (secondary N) is 2. The molecule has 0 spiro atoms. The van der Waals surface area contributed by atoms with E-state index in [0.717, 1.165) is 58.1 Å². The molecule has 10 heteroatoms. The maximum atomic E-state index is 16.2. The maximum Gasteiger partial charge on any atom is 0.235 e. The lowest BCUT2D eigenvalue weighted by atomic mass is 9.88. The molecule has 0 saturated heterocycles. The topological polar surface area (TPSA) is 105 Å². The fourth-order valence-corrected chi connectivity index (χ4v) is 6.92. The van der Waals surface area contributed by atoms with Crippen LogP contribution in [-0.4, -0.2) is 40.6 Å². The molecule has 0 amide bonds. The van der Waals surface area contributed by atoms with Crippen molar-refractivity contribution in [2.24, 2.45) is 5.92 Å². The molecule has 1 aromatic carbocycles. The monoisotopic (exact) mass is 535 g/mol. The van der Waals surface area contributed by atoms with E-state index >= 15 is 4.39 Å². The van der Waals surface area contributed by atoms with Gasteiger partial charge in [0.15, 0.2) is 11.5 Å². The fraction of sp³-hybridized carbons (Fsp3) is 0.207. The first-order valence-corrected chi connectivity index (χ1v) is 13.9. The van der Waals surface area contributed by atoms with Crippen molar-refractivity contribution in [3.05, 3.63) is 60.8 Å². The van der Waals surface area contributed by atoms with Gasteiger partial charge in [0.25, 0.3) is 0 Å². The van der Waals surface area contributed by atoms with E-state index in [-0.39, 0.29) is 17.3 Å². The first kappa shape index (κ1) is 22.5. The van der Waals surface area contributed by atoms with Gasteiger partial charge in [-0.15, -0.1) is 11.3 Å². The number of rotatable bonds is 1. The Hall–Kier alpha value is -4.44. The van der Waals surface area contributed by atoms with Gasteiger partial charge in [-0.1, -0.05) is 31.4 Å². The van der Waals surface area contributed by atoms with Crippen molar-refractivity contribution in [3.8, 4) is 0 Å². The quantitative estimate of drug-likeness (QED) is 0.231. The number of para-hydroxylation sites is 1. The number of thiophene rings is 1. The largest absolute Gasteiger partial charge is 0.337 e. The Morgan fingerprint density at radius 3 is 2.79 bits per heavy atom. The maximum absolute atomic E-state index is 16.2. The van der Waals surface area contributed by atoms with Gasteiger partial charge in [0, 0.05) is 27.6 Å². The highest BCUT2D eigenvalue weighted by Crippen LogP contribution is 2.33. The van der Waals surface area contributed by atoms with Crippen LogP contribution in [0.2, 0.25) is 0 Å². The van der Waals surface area contributed by atoms with Gasteiger partial charge in [0.2, 0.25) is 5.91 Å². The zero-order valence-electron chi connectivity index (χ0n) is 20.7. The van der Waals surface area contributed by atoms with E-state index in [1.54, 1.807) is 29.2 Å². The molecule has 8 rings (SSSR count). The highest BCUT2D eigenvalue weighted by molar-refractivity contribution is 7.24. The second-order valence-corrected chi connectivity index (χ2v) is 11.2. The number of hydrogen-bond donors (Lipinski definition) is 2. The summed E-state index contributed by atoms with van der Waals surface area (Å²) in [5.74, 6) is -0.534. The molecule has 1 fully saturated rings. The van der Waals surface area contributed by atoms with Gasteiger partial charge in [0.05, 0.1) is 39.8 Å². The molecule has 7 aromatic rings. The number of imidazole rings is 1. The Morgan fingerprint density at radius 2 is 1.90 bits per heavy atom. The van der Waals surface area contributed by atoms with Gasteiger partial charge in [-0.05, 0) is 37.1 Å². The number of nitrogens with zero attached hydrogens (tertiary/aromatic N) is 5. The number of carbonyl (C=O) groups excluding carboxylic acids is 1. The molecular formula is C29H22FN7OS. The molecule has 6 aromatic heterocycles. The number of fused-ring (bicyclic) bond motifs is 9. The average Bonchev–Trinajstić information content (AvgIpc) is 3.72. The van der Waals surface area contributed by atoms with Crippen LogP contribution in [-0.2, 0) is 0 Å². The summed E-state index contributed by atoms with van der Waals surface area (Å²) in [6.45, 7) is 0. The van der Waals surface area contributed by atoms with Gasteiger partial charge >= 0.3 is 0 Å². The van der Waals surface area contributed by atoms with Crippen molar-refractivity contribution < 1.29 is 9.18 Å². The minimum atomic E-state index is -0.520. The summed E-state index contributed by atoms with van der Waals surface area (Å²) in [5.41, 5.74) is 3.63. The zero-order valence-corrected chi connectivity index (χ0v) is 21.6. The average molecular weight is 536 g/mol. The molecule has 0 unspecified atom stereocenters. The first-order valence-electron chi connectivity index (χ1n) is 13.1. The molecule has 39 heavy (non-hydrogen) atoms. The van der Waals surface area contributed by atoms with Crippen LogP contribution in [0, 0.1) is 11.7 Å². The second-order valence-electron chi connectivity index (χ2n) is 10.1. The van der Waals surface area contributed by atoms with Crippen LogP contribution >= 0.6 is 11.3 Å². The molecule has 8 bridgehead atoms. The number of aromatic amines is 2. The molecule has 1 saturated carbocycles. The van der Waals surface area contributed by atoms with Gasteiger partial charge in [-0.25, -0.2) is 9.37 Å². The summed E-state index contributed by atoms with van der Waals surface area (Å²) in [6.07, 6.45) is 9.80. The zero-order chi connectivity index (χ0) is 26.1. The van der Waals surface area contributed by atoms with Crippen molar-refractivity contribution >= 4 is 81.7 Å². The molecule has 0 atom stereocenters. The lowest BCUT2D eigenvalue weighted by molar-refractivity contribution is 0.0812. The smallest absolute Gasteiger partial charge is 0.235 e. The summed E-state index contributed by atoms with van der Waals surface area (Å²) >= 11 is 1.53. The van der Waals surface area contributed by atoms with E-state index in [1.807, 2.05) is 30.3 Å². The Labute approximate surface area is 224 Å². The molecular weight excluding hydrogens is 513 g/mol. The standard InChI is InChI=1S/C29H22FN7OS/c30-24-23-20-14-32-25(24)16-11-17(13-31-12-16)37(29(38)15-5-2-1-3-6-15)22-10-9-21(39-22)18-7-4-8-19-26(18)34-28(33-19)27(23)36-35-20/h4,7-15H,1-3,5-6H2,(H,33,34)(H,35,36). The minimum Gasteiger partial charge on any atom is -0.337 e. The van der Waals surface area contributed by atoms with E-state index in [4.69, 9.17) is 4.98 Å². The van der Waals surface area contributed by atoms with Crippen molar-refractivity contribution in [1.82, 2.24) is 34.7 Å². The van der Waals surface area contributed by atoms with Crippen LogP contribution in [0.25, 0.3) is 64.4 Å². The summed E-state index contributed by atoms with van der Waals surface area (Å²) in [5, 5.41) is 9.01. The molecule has 0 aliphatic heterocycles. The lowest BCUT2D eigenvalue weighted by Crippen LogP contribution is -2.24. The van der Waals surface area contributed by atoms with Crippen LogP contribution in [0.3, 0.4) is 0 Å². The van der Waals surface area contributed by atoms with Crippen LogP contribution in [0.1, 0.15) is 36.9 Å². The number of pyridine rings is 2. The summed E-state index contributed by atoms with van der Waals surface area (Å²) in [7, 11) is 0. The van der Waals surface area contributed by atoms with Crippen molar-refractivity contribution in [3.63, 3.8) is 0 Å². The Bertz CT molecular complexity index is 2160. The molecule has 1 aliphatic carbocycles. The van der Waals surface area contributed by atoms with Crippen LogP contribution in [0.4, 0.5) is 4.39 Å². The van der Waals surface area contributed by atoms with Gasteiger partial charge in [-0.3, -0.25) is 24.4 Å². The molecule has 0 radical (unpaired) electrons. The lowest BCUT2D eigenvalue weighted by Gasteiger charge is -2.21. The SMILES string of the molecule is O=C(C1CCCCC1)n1c2cncc(c2)c2ncc3[nH]nc(c4nc5c(cccc5c5ccc1s5)[nH]4)c3c2F. The third-order valence-electron chi connectivity index (χ3n) is 7.79. The van der Waals surface area contributed by atoms with E-state index in [2.05, 4.69) is 25.1 Å². The molecule has 8 nitrogen and oxygen atoms in total. The number of aromatic nitrogens is 7. The minimum absolute atomic E-state index is 0.0487. The van der Waals surface area contributed by atoms with Gasteiger partial charge in [0.1, 0.15) is 15.9 Å². The van der Waals surface area contributed by atoms with Gasteiger partial charge < -0.3 is 4.98 Å². The van der Waals surface area contributed by atoms with E-state index in [9.17, 15) is 4.79 Å². The van der Waals surface area contributed by atoms with E-state index in [1.165, 1.54) is 11.3 Å². The second kappa shape index (κ2) is 8.54. The van der Waals surface area contributed by atoms with Crippen LogP contribution in [0.5, 0.6) is 0 Å².